The molecule has 4 rings (SSSR count). The lowest BCUT2D eigenvalue weighted by Gasteiger charge is -2.33. The van der Waals surface area contributed by atoms with Crippen molar-refractivity contribution < 1.29 is 0 Å². The smallest absolute Gasteiger partial charge is 0.141 e. The molecule has 0 saturated carbocycles. The Labute approximate surface area is 145 Å². The first kappa shape index (κ1) is 15.5. The maximum atomic E-state index is 4.64. The van der Waals surface area contributed by atoms with E-state index in [-0.39, 0.29) is 0 Å². The van der Waals surface area contributed by atoms with E-state index in [0.29, 0.717) is 5.92 Å². The number of rotatable bonds is 3. The molecule has 0 bridgehead atoms. The summed E-state index contributed by atoms with van der Waals surface area (Å²) < 4.78 is 2.16. The molecule has 126 valence electrons. The molecular formula is C17H22N6S. The van der Waals surface area contributed by atoms with Crippen molar-refractivity contribution in [1.82, 2.24) is 24.7 Å². The molecule has 0 spiro atoms. The molecule has 6 nitrogen and oxygen atoms in total. The van der Waals surface area contributed by atoms with Crippen LogP contribution in [0.5, 0.6) is 0 Å². The van der Waals surface area contributed by atoms with E-state index in [4.69, 9.17) is 0 Å². The molecule has 0 amide bonds. The Kier molecular flexibility index (Phi) is 3.96. The molecule has 1 aliphatic heterocycles. The molecule has 3 aromatic heterocycles. The molecule has 0 unspecified atom stereocenters. The average Bonchev–Trinajstić information content (AvgIpc) is 3.20. The fourth-order valence-electron chi connectivity index (χ4n) is 3.61. The number of aromatic nitrogens is 5. The quantitative estimate of drug-likeness (QED) is 0.731. The minimum Gasteiger partial charge on any atom is -0.355 e. The van der Waals surface area contributed by atoms with Crippen molar-refractivity contribution in [1.29, 1.82) is 0 Å². The Morgan fingerprint density at radius 1 is 1.29 bits per heavy atom. The van der Waals surface area contributed by atoms with Gasteiger partial charge in [-0.2, -0.15) is 0 Å². The Hall–Kier alpha value is -2.02. The van der Waals surface area contributed by atoms with E-state index < -0.39 is 0 Å². The summed E-state index contributed by atoms with van der Waals surface area (Å²) in [5.41, 5.74) is 1.31. The summed E-state index contributed by atoms with van der Waals surface area (Å²) in [6, 6.07) is 0. The lowest BCUT2D eigenvalue weighted by Crippen LogP contribution is -2.36. The van der Waals surface area contributed by atoms with E-state index in [0.717, 1.165) is 48.9 Å². The highest BCUT2D eigenvalue weighted by Gasteiger charge is 2.27. The molecular weight excluding hydrogens is 320 g/mol. The van der Waals surface area contributed by atoms with E-state index in [2.05, 4.69) is 50.4 Å². The predicted molar refractivity (Wildman–Crippen MR) is 96.8 cm³/mol. The molecule has 24 heavy (non-hydrogen) atoms. The summed E-state index contributed by atoms with van der Waals surface area (Å²) in [4.78, 5) is 13.9. The van der Waals surface area contributed by atoms with Crippen LogP contribution in [0.1, 0.15) is 41.9 Å². The second-order valence-electron chi connectivity index (χ2n) is 6.42. The van der Waals surface area contributed by atoms with Crippen LogP contribution in [-0.2, 0) is 6.54 Å². The van der Waals surface area contributed by atoms with Crippen LogP contribution in [0.4, 0.5) is 5.82 Å². The number of aryl methyl sites for hydroxylation is 3. The first-order valence-corrected chi connectivity index (χ1v) is 9.34. The molecule has 0 aromatic carbocycles. The van der Waals surface area contributed by atoms with Crippen molar-refractivity contribution in [3.8, 4) is 0 Å². The van der Waals surface area contributed by atoms with Gasteiger partial charge < -0.3 is 9.47 Å². The van der Waals surface area contributed by atoms with Gasteiger partial charge >= 0.3 is 0 Å². The molecule has 4 heterocycles. The fraction of sp³-hybridized carbons (Fsp3) is 0.529. The van der Waals surface area contributed by atoms with Crippen molar-refractivity contribution in [3.05, 3.63) is 28.9 Å². The Morgan fingerprint density at radius 2 is 2.17 bits per heavy atom. The maximum Gasteiger partial charge on any atom is 0.141 e. The molecule has 3 aromatic rings. The van der Waals surface area contributed by atoms with Crippen LogP contribution in [-0.4, -0.2) is 37.8 Å². The normalized spacial score (nSPS) is 18.5. The van der Waals surface area contributed by atoms with Crippen LogP contribution < -0.4 is 4.90 Å². The van der Waals surface area contributed by atoms with E-state index in [9.17, 15) is 0 Å². The summed E-state index contributed by atoms with van der Waals surface area (Å²) in [5.74, 6) is 2.59. The second kappa shape index (κ2) is 6.12. The zero-order valence-electron chi connectivity index (χ0n) is 14.4. The van der Waals surface area contributed by atoms with Gasteiger partial charge in [0, 0.05) is 30.4 Å². The van der Waals surface area contributed by atoms with Gasteiger partial charge in [0.2, 0.25) is 0 Å². The van der Waals surface area contributed by atoms with E-state index in [1.807, 2.05) is 6.33 Å². The molecule has 0 aliphatic carbocycles. The summed E-state index contributed by atoms with van der Waals surface area (Å²) in [6.07, 6.45) is 5.84. The van der Waals surface area contributed by atoms with Crippen LogP contribution in [0.15, 0.2) is 12.7 Å². The summed E-state index contributed by atoms with van der Waals surface area (Å²) in [5, 5.41) is 9.70. The number of anilines is 1. The van der Waals surface area contributed by atoms with Crippen LogP contribution in [0.25, 0.3) is 10.2 Å². The number of nitrogens with zero attached hydrogens (tertiary/aromatic N) is 6. The zero-order valence-corrected chi connectivity index (χ0v) is 15.2. The third kappa shape index (κ3) is 2.47. The number of thiophene rings is 1. The maximum absolute atomic E-state index is 4.64. The van der Waals surface area contributed by atoms with E-state index in [1.165, 1.54) is 15.8 Å². The van der Waals surface area contributed by atoms with Gasteiger partial charge in [-0.25, -0.2) is 9.97 Å². The molecule has 0 radical (unpaired) electrons. The highest BCUT2D eigenvalue weighted by Crippen LogP contribution is 2.36. The van der Waals surface area contributed by atoms with Gasteiger partial charge in [0.05, 0.1) is 5.39 Å². The minimum atomic E-state index is 0.409. The summed E-state index contributed by atoms with van der Waals surface area (Å²) in [7, 11) is 0. The Morgan fingerprint density at radius 3 is 3.00 bits per heavy atom. The van der Waals surface area contributed by atoms with Crippen LogP contribution in [0.2, 0.25) is 0 Å². The van der Waals surface area contributed by atoms with Crippen LogP contribution in [0.3, 0.4) is 0 Å². The van der Waals surface area contributed by atoms with E-state index in [1.54, 1.807) is 17.7 Å². The van der Waals surface area contributed by atoms with E-state index >= 15 is 0 Å². The Balaban J connectivity index is 1.70. The first-order valence-electron chi connectivity index (χ1n) is 8.52. The van der Waals surface area contributed by atoms with Crippen LogP contribution in [0, 0.1) is 13.8 Å². The lowest BCUT2D eigenvalue weighted by atomic mass is 9.96. The summed E-state index contributed by atoms with van der Waals surface area (Å²) >= 11 is 1.76. The van der Waals surface area contributed by atoms with Crippen molar-refractivity contribution in [2.45, 2.75) is 46.1 Å². The first-order chi connectivity index (χ1) is 11.7. The molecule has 1 atom stereocenters. The monoisotopic (exact) mass is 342 g/mol. The van der Waals surface area contributed by atoms with Gasteiger partial charge in [-0.15, -0.1) is 21.5 Å². The third-order valence-corrected chi connectivity index (χ3v) is 6.13. The highest BCUT2D eigenvalue weighted by atomic mass is 32.1. The standard InChI is InChI=1S/C17H22N6S/c1-4-22-10-20-21-15(22)13-6-5-7-23(8-13)16-14-11(2)12(3)24-17(14)19-9-18-16/h9-10,13H,4-8H2,1-3H3/t13-/m0/s1. The fourth-order valence-corrected chi connectivity index (χ4v) is 4.60. The lowest BCUT2D eigenvalue weighted by molar-refractivity contribution is 0.471. The minimum absolute atomic E-state index is 0.409. The molecule has 1 aliphatic rings. The number of hydrogen-bond donors (Lipinski definition) is 0. The SMILES string of the molecule is CCn1cnnc1[C@H]1CCCN(c2ncnc3sc(C)c(C)c23)C1. The van der Waals surface area contributed by atoms with Gasteiger partial charge in [0.25, 0.3) is 0 Å². The van der Waals surface area contributed by atoms with Gasteiger partial charge in [0.15, 0.2) is 0 Å². The molecule has 1 saturated heterocycles. The summed E-state index contributed by atoms with van der Waals surface area (Å²) in [6.45, 7) is 9.37. The highest BCUT2D eigenvalue weighted by molar-refractivity contribution is 7.18. The molecule has 1 fully saturated rings. The van der Waals surface area contributed by atoms with Crippen molar-refractivity contribution in [2.75, 3.05) is 18.0 Å². The van der Waals surface area contributed by atoms with Crippen LogP contribution >= 0.6 is 11.3 Å². The van der Waals surface area contributed by atoms with Gasteiger partial charge in [-0.1, -0.05) is 0 Å². The number of piperidine rings is 1. The Bertz CT molecular complexity index is 867. The van der Waals surface area contributed by atoms with Gasteiger partial charge in [-0.05, 0) is 39.2 Å². The predicted octanol–water partition coefficient (Wildman–Crippen LogP) is 3.30. The number of hydrogen-bond acceptors (Lipinski definition) is 6. The van der Waals surface area contributed by atoms with Gasteiger partial charge in [0.1, 0.15) is 29.1 Å². The molecule has 0 N–H and O–H groups in total. The average molecular weight is 342 g/mol. The number of fused-ring (bicyclic) bond motifs is 1. The zero-order chi connectivity index (χ0) is 16.7. The van der Waals surface area contributed by atoms with Crippen molar-refractivity contribution in [2.24, 2.45) is 0 Å². The second-order valence-corrected chi connectivity index (χ2v) is 7.62. The third-order valence-electron chi connectivity index (χ3n) is 5.02. The van der Waals surface area contributed by atoms with Crippen molar-refractivity contribution >= 4 is 27.4 Å². The van der Waals surface area contributed by atoms with Crippen molar-refractivity contribution in [3.63, 3.8) is 0 Å². The van der Waals surface area contributed by atoms with Gasteiger partial charge in [-0.3, -0.25) is 0 Å². The largest absolute Gasteiger partial charge is 0.355 e. The topological polar surface area (TPSA) is 59.7 Å². The molecule has 7 heteroatoms.